The minimum Gasteiger partial charge on any atom is -0.370 e. The highest BCUT2D eigenvalue weighted by atomic mass is 32.1. The Morgan fingerprint density at radius 1 is 1.10 bits per heavy atom. The largest absolute Gasteiger partial charge is 0.370 e. The average molecular weight is 594 g/mol. The van der Waals surface area contributed by atoms with E-state index in [4.69, 9.17) is 11.5 Å². The molecule has 42 heavy (non-hydrogen) atoms. The first-order valence-corrected chi connectivity index (χ1v) is 15.6. The summed E-state index contributed by atoms with van der Waals surface area (Å²) < 4.78 is 0. The average Bonchev–Trinajstić information content (AvgIpc) is 3.67. The van der Waals surface area contributed by atoms with Crippen molar-refractivity contribution < 1.29 is 19.2 Å². The molecule has 3 heterocycles. The molecule has 5 rings (SSSR count). The van der Waals surface area contributed by atoms with E-state index in [0.29, 0.717) is 43.7 Å². The second kappa shape index (κ2) is 13.5. The molecular formula is C30H39N7O4S. The number of ketones is 1. The lowest BCUT2D eigenvalue weighted by Crippen LogP contribution is -2.60. The van der Waals surface area contributed by atoms with Crippen molar-refractivity contribution in [3.05, 3.63) is 52.5 Å². The first kappa shape index (κ1) is 29.7. The number of guanidine groups is 1. The van der Waals surface area contributed by atoms with E-state index in [9.17, 15) is 19.2 Å². The van der Waals surface area contributed by atoms with E-state index in [1.54, 1.807) is 21.4 Å². The molecule has 5 N–H and O–H groups in total. The maximum absolute atomic E-state index is 13.7. The van der Waals surface area contributed by atoms with Gasteiger partial charge in [-0.15, -0.1) is 11.3 Å². The van der Waals surface area contributed by atoms with Crippen LogP contribution >= 0.6 is 11.3 Å². The number of thiazole rings is 1. The zero-order valence-electron chi connectivity index (χ0n) is 23.7. The molecule has 11 nitrogen and oxygen atoms in total. The lowest BCUT2D eigenvalue weighted by Gasteiger charge is -2.39. The Labute approximate surface area is 249 Å². The summed E-state index contributed by atoms with van der Waals surface area (Å²) in [6, 6.07) is 7.96. The topological polar surface area (TPSA) is 164 Å². The van der Waals surface area contributed by atoms with Crippen LogP contribution in [0.4, 0.5) is 0 Å². The summed E-state index contributed by atoms with van der Waals surface area (Å²) in [7, 11) is 0. The Kier molecular flexibility index (Phi) is 9.51. The summed E-state index contributed by atoms with van der Waals surface area (Å²) in [6.07, 6.45) is 7.67. The molecule has 1 aliphatic carbocycles. The fourth-order valence-electron chi connectivity index (χ4n) is 6.63. The molecule has 224 valence electrons. The maximum Gasteiger partial charge on any atom is 0.243 e. The Morgan fingerprint density at radius 3 is 2.62 bits per heavy atom. The zero-order chi connectivity index (χ0) is 29.6. The van der Waals surface area contributed by atoms with E-state index in [2.05, 4.69) is 15.3 Å². The van der Waals surface area contributed by atoms with Gasteiger partial charge in [-0.1, -0.05) is 43.2 Å². The maximum atomic E-state index is 13.7. The van der Waals surface area contributed by atoms with Gasteiger partial charge in [-0.2, -0.15) is 0 Å². The zero-order valence-corrected chi connectivity index (χ0v) is 24.5. The van der Waals surface area contributed by atoms with Crippen LogP contribution in [0.15, 0.2) is 46.9 Å². The van der Waals surface area contributed by atoms with Crippen LogP contribution in [0.2, 0.25) is 0 Å². The van der Waals surface area contributed by atoms with Gasteiger partial charge in [0.25, 0.3) is 0 Å². The van der Waals surface area contributed by atoms with Crippen LogP contribution in [0.3, 0.4) is 0 Å². The van der Waals surface area contributed by atoms with Crippen LogP contribution in [0.1, 0.15) is 66.7 Å². The third-order valence-electron chi connectivity index (χ3n) is 8.67. The SMILES string of the molecule is NC(N)=NC1CCCCC1CC(NC(=O)C1CCC2CN(C(=O)CCc3ccccc3)CC(=O)N21)C(=O)c1nccs1. The lowest BCUT2D eigenvalue weighted by atomic mass is 9.80. The number of rotatable bonds is 10. The number of amides is 3. The lowest BCUT2D eigenvalue weighted by molar-refractivity contribution is -0.151. The number of aryl methyl sites for hydroxylation is 1. The number of nitrogens with one attached hydrogen (secondary N) is 1. The number of carbonyl (C=O) groups excluding carboxylic acids is 4. The second-order valence-electron chi connectivity index (χ2n) is 11.5. The number of hydrogen-bond donors (Lipinski definition) is 3. The van der Waals surface area contributed by atoms with Gasteiger partial charge < -0.3 is 26.6 Å². The molecule has 2 saturated heterocycles. The molecule has 1 saturated carbocycles. The Bertz CT molecular complexity index is 1300. The summed E-state index contributed by atoms with van der Waals surface area (Å²) in [5.74, 6) is -0.845. The van der Waals surface area contributed by atoms with Crippen LogP contribution in [0, 0.1) is 5.92 Å². The summed E-state index contributed by atoms with van der Waals surface area (Å²) >= 11 is 1.23. The molecule has 1 aromatic heterocycles. The van der Waals surface area contributed by atoms with Gasteiger partial charge in [-0.05, 0) is 50.0 Å². The van der Waals surface area contributed by atoms with E-state index in [1.165, 1.54) is 11.3 Å². The van der Waals surface area contributed by atoms with E-state index < -0.39 is 12.1 Å². The molecule has 0 radical (unpaired) electrons. The number of aliphatic imine (C=N–C) groups is 1. The predicted octanol–water partition coefficient (Wildman–Crippen LogP) is 1.87. The van der Waals surface area contributed by atoms with Crippen molar-refractivity contribution in [3.8, 4) is 0 Å². The van der Waals surface area contributed by atoms with Crippen LogP contribution in [0.25, 0.3) is 0 Å². The van der Waals surface area contributed by atoms with E-state index in [0.717, 1.165) is 31.2 Å². The van der Waals surface area contributed by atoms with Crippen molar-refractivity contribution in [2.45, 2.75) is 82.0 Å². The second-order valence-corrected chi connectivity index (χ2v) is 12.4. The van der Waals surface area contributed by atoms with Crippen molar-refractivity contribution in [2.75, 3.05) is 13.1 Å². The van der Waals surface area contributed by atoms with Crippen molar-refractivity contribution in [3.63, 3.8) is 0 Å². The summed E-state index contributed by atoms with van der Waals surface area (Å²) in [6.45, 7) is 0.366. The number of carbonyl (C=O) groups is 4. The normalized spacial score (nSPS) is 24.5. The van der Waals surface area contributed by atoms with Gasteiger partial charge in [0.1, 0.15) is 6.04 Å². The quantitative estimate of drug-likeness (QED) is 0.215. The number of Topliss-reactive ketones (excluding diaryl/α,β-unsaturated/α-hetero) is 1. The smallest absolute Gasteiger partial charge is 0.243 e. The molecule has 5 unspecified atom stereocenters. The number of fused-ring (bicyclic) bond motifs is 1. The van der Waals surface area contributed by atoms with E-state index in [-0.39, 0.29) is 54.0 Å². The standard InChI is InChI=1S/C30H39N7O4S/c31-30(32)35-22-9-5-4-8-20(22)16-23(27(40)29-33-14-15-42-29)34-28(41)24-12-11-21-17-36(18-26(39)37(21)24)25(38)13-10-19-6-2-1-3-7-19/h1-3,6-7,14-15,20-24H,4-5,8-13,16-18H2,(H,34,41)(H4,31,32,35). The number of piperazine rings is 1. The monoisotopic (exact) mass is 593 g/mol. The third-order valence-corrected chi connectivity index (χ3v) is 9.46. The van der Waals surface area contributed by atoms with E-state index in [1.807, 2.05) is 30.3 Å². The molecule has 2 aromatic rings. The van der Waals surface area contributed by atoms with Crippen LogP contribution in [-0.2, 0) is 20.8 Å². The predicted molar refractivity (Wildman–Crippen MR) is 160 cm³/mol. The highest BCUT2D eigenvalue weighted by Gasteiger charge is 2.46. The molecule has 5 atom stereocenters. The van der Waals surface area contributed by atoms with Gasteiger partial charge in [-0.3, -0.25) is 24.2 Å². The molecule has 1 aromatic carbocycles. The van der Waals surface area contributed by atoms with Gasteiger partial charge in [-0.25, -0.2) is 4.98 Å². The minimum atomic E-state index is -0.807. The van der Waals surface area contributed by atoms with Crippen molar-refractivity contribution >= 4 is 40.8 Å². The highest BCUT2D eigenvalue weighted by Crippen LogP contribution is 2.32. The highest BCUT2D eigenvalue weighted by molar-refractivity contribution is 7.11. The minimum absolute atomic E-state index is 0.0203. The summed E-state index contributed by atoms with van der Waals surface area (Å²) in [5, 5.41) is 5.05. The third kappa shape index (κ3) is 6.97. The molecule has 0 bridgehead atoms. The van der Waals surface area contributed by atoms with Crippen LogP contribution in [0.5, 0.6) is 0 Å². The van der Waals surface area contributed by atoms with Gasteiger partial charge in [0, 0.05) is 24.5 Å². The number of hydrogen-bond acceptors (Lipinski definition) is 7. The molecule has 2 aliphatic heterocycles. The van der Waals surface area contributed by atoms with Gasteiger partial charge >= 0.3 is 0 Å². The summed E-state index contributed by atoms with van der Waals surface area (Å²) in [5.41, 5.74) is 12.4. The van der Waals surface area contributed by atoms with Gasteiger partial charge in [0.05, 0.1) is 24.7 Å². The molecule has 3 amide bonds. The first-order valence-electron chi connectivity index (χ1n) is 14.8. The molecule has 3 aliphatic rings. The molecular weight excluding hydrogens is 554 g/mol. The number of nitrogens with two attached hydrogens (primary N) is 2. The Hall–Kier alpha value is -3.80. The summed E-state index contributed by atoms with van der Waals surface area (Å²) in [4.78, 5) is 65.3. The molecule has 0 spiro atoms. The number of benzene rings is 1. The van der Waals surface area contributed by atoms with Crippen molar-refractivity contribution in [2.24, 2.45) is 22.4 Å². The van der Waals surface area contributed by atoms with Gasteiger partial charge in [0.2, 0.25) is 23.5 Å². The van der Waals surface area contributed by atoms with Crippen molar-refractivity contribution in [1.82, 2.24) is 20.1 Å². The van der Waals surface area contributed by atoms with Crippen LogP contribution < -0.4 is 16.8 Å². The Balaban J connectivity index is 1.24. The number of nitrogens with zero attached hydrogens (tertiary/aromatic N) is 4. The van der Waals surface area contributed by atoms with Gasteiger partial charge in [0.15, 0.2) is 11.0 Å². The molecule has 12 heteroatoms. The Morgan fingerprint density at radius 2 is 1.88 bits per heavy atom. The fraction of sp³-hybridized carbons (Fsp3) is 0.533. The fourth-order valence-corrected chi connectivity index (χ4v) is 7.26. The van der Waals surface area contributed by atoms with Crippen molar-refractivity contribution in [1.29, 1.82) is 0 Å². The van der Waals surface area contributed by atoms with Crippen LogP contribution in [-0.4, -0.2) is 81.5 Å². The molecule has 3 fully saturated rings. The first-order chi connectivity index (χ1) is 20.3. The number of aromatic nitrogens is 1. The van der Waals surface area contributed by atoms with E-state index >= 15 is 0 Å².